The third-order valence-electron chi connectivity index (χ3n) is 2.61. The van der Waals surface area contributed by atoms with Crippen LogP contribution in [0.25, 0.3) is 0 Å². The molecule has 0 radical (unpaired) electrons. The molecule has 0 saturated carbocycles. The first-order chi connectivity index (χ1) is 8.70. The number of benzene rings is 1. The number of hydrogen-bond donors (Lipinski definition) is 1. The average molecular weight is 245 g/mol. The number of nitrogens with one attached hydrogen (secondary N) is 1. The zero-order chi connectivity index (χ0) is 13.0. The lowest BCUT2D eigenvalue weighted by atomic mass is 10.1. The number of aryl methyl sites for hydroxylation is 1. The minimum atomic E-state index is -0.321. The summed E-state index contributed by atoms with van der Waals surface area (Å²) in [7, 11) is 3.24. The van der Waals surface area contributed by atoms with E-state index < -0.39 is 0 Å². The van der Waals surface area contributed by atoms with Crippen LogP contribution in [-0.4, -0.2) is 22.9 Å². The van der Waals surface area contributed by atoms with Gasteiger partial charge in [0.1, 0.15) is 0 Å². The predicted molar refractivity (Wildman–Crippen MR) is 68.3 cm³/mol. The number of methoxy groups -OCH3 is 1. The van der Waals surface area contributed by atoms with Crippen molar-refractivity contribution < 1.29 is 9.53 Å². The number of esters is 1. The summed E-state index contributed by atoms with van der Waals surface area (Å²) in [6.45, 7) is 0.553. The van der Waals surface area contributed by atoms with Crippen LogP contribution in [0.4, 0.5) is 5.69 Å². The van der Waals surface area contributed by atoms with E-state index in [-0.39, 0.29) is 5.97 Å². The normalized spacial score (nSPS) is 10.1. The molecule has 1 heterocycles. The number of carbonyl (C=O) groups excluding carboxylic acids is 1. The number of hydrogen-bond acceptors (Lipinski definition) is 4. The van der Waals surface area contributed by atoms with Gasteiger partial charge in [0.05, 0.1) is 24.6 Å². The second kappa shape index (κ2) is 5.35. The first kappa shape index (κ1) is 12.2. The van der Waals surface area contributed by atoms with Gasteiger partial charge in [0.2, 0.25) is 0 Å². The Morgan fingerprint density at radius 2 is 2.22 bits per heavy atom. The molecule has 0 bridgehead atoms. The van der Waals surface area contributed by atoms with Crippen molar-refractivity contribution in [2.75, 3.05) is 12.4 Å². The van der Waals surface area contributed by atoms with Crippen molar-refractivity contribution >= 4 is 11.7 Å². The molecule has 5 heteroatoms. The lowest BCUT2D eigenvalue weighted by Gasteiger charge is -2.08. The first-order valence-corrected chi connectivity index (χ1v) is 5.59. The van der Waals surface area contributed by atoms with Crippen LogP contribution < -0.4 is 5.32 Å². The Morgan fingerprint density at radius 3 is 2.89 bits per heavy atom. The molecular weight excluding hydrogens is 230 g/mol. The maximum Gasteiger partial charge on any atom is 0.338 e. The minimum Gasteiger partial charge on any atom is -0.465 e. The van der Waals surface area contributed by atoms with E-state index in [1.54, 1.807) is 16.9 Å². The molecule has 0 aliphatic heterocycles. The molecule has 0 fully saturated rings. The van der Waals surface area contributed by atoms with E-state index in [2.05, 4.69) is 10.4 Å². The number of nitrogens with zero attached hydrogens (tertiary/aromatic N) is 2. The minimum absolute atomic E-state index is 0.321. The Hall–Kier alpha value is -2.30. The molecule has 1 N–H and O–H groups in total. The van der Waals surface area contributed by atoms with Crippen molar-refractivity contribution in [2.24, 2.45) is 7.05 Å². The highest BCUT2D eigenvalue weighted by atomic mass is 16.5. The van der Waals surface area contributed by atoms with Crippen molar-refractivity contribution in [3.63, 3.8) is 0 Å². The second-order valence-electron chi connectivity index (χ2n) is 3.90. The number of carbonyl (C=O) groups is 1. The van der Waals surface area contributed by atoms with Crippen LogP contribution in [0.15, 0.2) is 36.7 Å². The van der Waals surface area contributed by atoms with Crippen LogP contribution in [0.2, 0.25) is 0 Å². The summed E-state index contributed by atoms with van der Waals surface area (Å²) >= 11 is 0. The van der Waals surface area contributed by atoms with Crippen molar-refractivity contribution in [2.45, 2.75) is 6.54 Å². The standard InChI is InChI=1S/C13H15N3O2/c1-16-9-11(8-15-16)14-7-10-5-3-4-6-12(10)13(17)18-2/h3-6,8-9,14H,7H2,1-2H3. The van der Waals surface area contributed by atoms with E-state index in [0.717, 1.165) is 11.3 Å². The molecule has 0 spiro atoms. The molecule has 0 unspecified atom stereocenters. The average Bonchev–Trinajstić information content (AvgIpc) is 2.81. The fourth-order valence-corrected chi connectivity index (χ4v) is 1.69. The third-order valence-corrected chi connectivity index (χ3v) is 2.61. The van der Waals surface area contributed by atoms with Crippen LogP contribution in [0.5, 0.6) is 0 Å². The number of ether oxygens (including phenoxy) is 1. The molecule has 1 aromatic carbocycles. The summed E-state index contributed by atoms with van der Waals surface area (Å²) < 4.78 is 6.47. The van der Waals surface area contributed by atoms with E-state index in [9.17, 15) is 4.79 Å². The Morgan fingerprint density at radius 1 is 1.44 bits per heavy atom. The van der Waals surface area contributed by atoms with Crippen LogP contribution in [0.3, 0.4) is 0 Å². The van der Waals surface area contributed by atoms with E-state index in [0.29, 0.717) is 12.1 Å². The molecule has 94 valence electrons. The van der Waals surface area contributed by atoms with Crippen molar-refractivity contribution in [3.05, 3.63) is 47.8 Å². The van der Waals surface area contributed by atoms with Gasteiger partial charge in [0.25, 0.3) is 0 Å². The topological polar surface area (TPSA) is 56.1 Å². The Labute approximate surface area is 105 Å². The van der Waals surface area contributed by atoms with Crippen molar-refractivity contribution in [1.82, 2.24) is 9.78 Å². The van der Waals surface area contributed by atoms with E-state index >= 15 is 0 Å². The van der Waals surface area contributed by atoms with E-state index in [1.165, 1.54) is 7.11 Å². The van der Waals surface area contributed by atoms with E-state index in [4.69, 9.17) is 4.74 Å². The summed E-state index contributed by atoms with van der Waals surface area (Å²) in [6, 6.07) is 7.37. The monoisotopic (exact) mass is 245 g/mol. The zero-order valence-electron chi connectivity index (χ0n) is 10.4. The Kier molecular flexibility index (Phi) is 3.62. The molecule has 0 aliphatic carbocycles. The molecule has 0 aliphatic rings. The Bertz CT molecular complexity index is 549. The molecule has 0 atom stereocenters. The van der Waals surface area contributed by atoms with Gasteiger partial charge < -0.3 is 10.1 Å². The van der Waals surface area contributed by atoms with Gasteiger partial charge in [-0.2, -0.15) is 5.10 Å². The molecule has 0 saturated heterocycles. The van der Waals surface area contributed by atoms with Gasteiger partial charge in [0, 0.05) is 19.8 Å². The molecular formula is C13H15N3O2. The third kappa shape index (κ3) is 2.68. The molecule has 2 aromatic rings. The SMILES string of the molecule is COC(=O)c1ccccc1CNc1cnn(C)c1. The fourth-order valence-electron chi connectivity index (χ4n) is 1.69. The van der Waals surface area contributed by atoms with Crippen molar-refractivity contribution in [1.29, 1.82) is 0 Å². The highest BCUT2D eigenvalue weighted by Crippen LogP contribution is 2.13. The van der Waals surface area contributed by atoms with Crippen LogP contribution in [-0.2, 0) is 18.3 Å². The van der Waals surface area contributed by atoms with Crippen LogP contribution in [0.1, 0.15) is 15.9 Å². The predicted octanol–water partition coefficient (Wildman–Crippen LogP) is 1.82. The zero-order valence-corrected chi connectivity index (χ0v) is 10.4. The molecule has 5 nitrogen and oxygen atoms in total. The maximum absolute atomic E-state index is 11.6. The van der Waals surface area contributed by atoms with Gasteiger partial charge in [-0.15, -0.1) is 0 Å². The van der Waals surface area contributed by atoms with Gasteiger partial charge in [0.15, 0.2) is 0 Å². The fraction of sp³-hybridized carbons (Fsp3) is 0.231. The van der Waals surface area contributed by atoms with Crippen molar-refractivity contribution in [3.8, 4) is 0 Å². The summed E-state index contributed by atoms with van der Waals surface area (Å²) in [5.41, 5.74) is 2.39. The smallest absolute Gasteiger partial charge is 0.338 e. The highest BCUT2D eigenvalue weighted by Gasteiger charge is 2.10. The van der Waals surface area contributed by atoms with Crippen LogP contribution >= 0.6 is 0 Å². The summed E-state index contributed by atoms with van der Waals surface area (Å²) in [5, 5.41) is 7.28. The molecule has 2 rings (SSSR count). The summed E-state index contributed by atoms with van der Waals surface area (Å²) in [6.07, 6.45) is 3.61. The molecule has 1 aromatic heterocycles. The van der Waals surface area contributed by atoms with Gasteiger partial charge in [-0.25, -0.2) is 4.79 Å². The van der Waals surface area contributed by atoms with Gasteiger partial charge in [-0.1, -0.05) is 18.2 Å². The first-order valence-electron chi connectivity index (χ1n) is 5.59. The summed E-state index contributed by atoms with van der Waals surface area (Å²) in [4.78, 5) is 11.6. The Balaban J connectivity index is 2.11. The highest BCUT2D eigenvalue weighted by molar-refractivity contribution is 5.91. The quantitative estimate of drug-likeness (QED) is 0.835. The lowest BCUT2D eigenvalue weighted by Crippen LogP contribution is -2.08. The van der Waals surface area contributed by atoms with Gasteiger partial charge in [-0.3, -0.25) is 4.68 Å². The molecule has 18 heavy (non-hydrogen) atoms. The lowest BCUT2D eigenvalue weighted by molar-refractivity contribution is 0.0599. The van der Waals surface area contributed by atoms with Gasteiger partial charge in [-0.05, 0) is 11.6 Å². The van der Waals surface area contributed by atoms with E-state index in [1.807, 2.05) is 31.4 Å². The second-order valence-corrected chi connectivity index (χ2v) is 3.90. The largest absolute Gasteiger partial charge is 0.465 e. The summed E-state index contributed by atoms with van der Waals surface area (Å²) in [5.74, 6) is -0.321. The maximum atomic E-state index is 11.6. The number of anilines is 1. The number of rotatable bonds is 4. The van der Waals surface area contributed by atoms with Gasteiger partial charge >= 0.3 is 5.97 Å². The number of aromatic nitrogens is 2. The van der Waals surface area contributed by atoms with Crippen LogP contribution in [0, 0.1) is 0 Å². The molecule has 0 amide bonds.